The molecule has 1 rings (SSSR count). The van der Waals surface area contributed by atoms with Gasteiger partial charge in [-0.2, -0.15) is 5.26 Å². The Morgan fingerprint density at radius 3 is 2.40 bits per heavy atom. The molecule has 1 atom stereocenters. The second-order valence-corrected chi connectivity index (χ2v) is 4.67. The standard InChI is InChI=1S/C14H19N/c1-10(2)7-13(9-15)14-6-5-11(3)8-12(14)4/h5-6,8,10,13H,7H2,1-4H3. The summed E-state index contributed by atoms with van der Waals surface area (Å²) in [5.74, 6) is 0.612. The second kappa shape index (κ2) is 4.98. The lowest BCUT2D eigenvalue weighted by molar-refractivity contribution is 0.554. The van der Waals surface area contributed by atoms with E-state index in [4.69, 9.17) is 0 Å². The van der Waals surface area contributed by atoms with Gasteiger partial charge in [-0.15, -0.1) is 0 Å². The molecule has 15 heavy (non-hydrogen) atoms. The summed E-state index contributed by atoms with van der Waals surface area (Å²) in [6.07, 6.45) is 0.945. The van der Waals surface area contributed by atoms with Gasteiger partial charge in [0.15, 0.2) is 0 Å². The number of nitrogens with zero attached hydrogens (tertiary/aromatic N) is 1. The maximum atomic E-state index is 9.17. The van der Waals surface area contributed by atoms with Crippen molar-refractivity contribution in [1.29, 1.82) is 5.26 Å². The molecule has 0 spiro atoms. The van der Waals surface area contributed by atoms with E-state index in [0.717, 1.165) is 6.42 Å². The average Bonchev–Trinajstić information content (AvgIpc) is 2.14. The van der Waals surface area contributed by atoms with Gasteiger partial charge in [0.1, 0.15) is 0 Å². The predicted octanol–water partition coefficient (Wildman–Crippen LogP) is 3.96. The summed E-state index contributed by atoms with van der Waals surface area (Å²) in [6.45, 7) is 8.50. The molecule has 1 unspecified atom stereocenters. The summed E-state index contributed by atoms with van der Waals surface area (Å²) in [7, 11) is 0. The van der Waals surface area contributed by atoms with E-state index < -0.39 is 0 Å². The van der Waals surface area contributed by atoms with Crippen molar-refractivity contribution in [3.8, 4) is 6.07 Å². The predicted molar refractivity (Wildman–Crippen MR) is 63.7 cm³/mol. The van der Waals surface area contributed by atoms with Crippen molar-refractivity contribution < 1.29 is 0 Å². The first-order valence-electron chi connectivity index (χ1n) is 5.51. The molecule has 0 saturated heterocycles. The summed E-state index contributed by atoms with van der Waals surface area (Å²) < 4.78 is 0. The first-order valence-corrected chi connectivity index (χ1v) is 5.51. The fourth-order valence-electron chi connectivity index (χ4n) is 1.94. The van der Waals surface area contributed by atoms with E-state index in [0.29, 0.717) is 5.92 Å². The van der Waals surface area contributed by atoms with Crippen molar-refractivity contribution in [2.24, 2.45) is 5.92 Å². The van der Waals surface area contributed by atoms with Crippen molar-refractivity contribution in [2.75, 3.05) is 0 Å². The minimum Gasteiger partial charge on any atom is -0.198 e. The van der Waals surface area contributed by atoms with Crippen LogP contribution >= 0.6 is 0 Å². The van der Waals surface area contributed by atoms with Crippen molar-refractivity contribution in [3.63, 3.8) is 0 Å². The summed E-state index contributed by atoms with van der Waals surface area (Å²) in [5.41, 5.74) is 3.69. The van der Waals surface area contributed by atoms with E-state index in [9.17, 15) is 5.26 Å². The molecule has 0 N–H and O–H groups in total. The Morgan fingerprint density at radius 1 is 1.27 bits per heavy atom. The zero-order valence-corrected chi connectivity index (χ0v) is 10.0. The van der Waals surface area contributed by atoms with Crippen LogP contribution in [0.4, 0.5) is 0 Å². The molecule has 1 aromatic carbocycles. The van der Waals surface area contributed by atoms with E-state index in [2.05, 4.69) is 52.0 Å². The van der Waals surface area contributed by atoms with Crippen LogP contribution in [0, 0.1) is 31.1 Å². The highest BCUT2D eigenvalue weighted by molar-refractivity contribution is 5.35. The van der Waals surface area contributed by atoms with Gasteiger partial charge in [-0.25, -0.2) is 0 Å². The molecule has 0 radical (unpaired) electrons. The zero-order chi connectivity index (χ0) is 11.4. The molecule has 80 valence electrons. The van der Waals surface area contributed by atoms with E-state index >= 15 is 0 Å². The van der Waals surface area contributed by atoms with E-state index in [1.54, 1.807) is 0 Å². The Morgan fingerprint density at radius 2 is 1.93 bits per heavy atom. The van der Waals surface area contributed by atoms with Gasteiger partial charge >= 0.3 is 0 Å². The Kier molecular flexibility index (Phi) is 3.91. The Labute approximate surface area is 92.7 Å². The Hall–Kier alpha value is -1.29. The van der Waals surface area contributed by atoms with E-state index in [1.165, 1.54) is 16.7 Å². The monoisotopic (exact) mass is 201 g/mol. The van der Waals surface area contributed by atoms with Gasteiger partial charge in [-0.3, -0.25) is 0 Å². The van der Waals surface area contributed by atoms with Gasteiger partial charge in [0.25, 0.3) is 0 Å². The van der Waals surface area contributed by atoms with Crippen LogP contribution < -0.4 is 0 Å². The van der Waals surface area contributed by atoms with Crippen LogP contribution in [0.2, 0.25) is 0 Å². The third kappa shape index (κ3) is 3.09. The van der Waals surface area contributed by atoms with Crippen LogP contribution in [-0.4, -0.2) is 0 Å². The summed E-state index contributed by atoms with van der Waals surface area (Å²) in [4.78, 5) is 0. The molecule has 1 aromatic rings. The minimum absolute atomic E-state index is 0.0469. The minimum atomic E-state index is 0.0469. The van der Waals surface area contributed by atoms with Crippen LogP contribution in [0.5, 0.6) is 0 Å². The largest absolute Gasteiger partial charge is 0.198 e. The molecule has 0 heterocycles. The second-order valence-electron chi connectivity index (χ2n) is 4.67. The van der Waals surface area contributed by atoms with Crippen LogP contribution in [0.1, 0.15) is 42.9 Å². The molecule has 1 heteroatoms. The van der Waals surface area contributed by atoms with Crippen molar-refractivity contribution >= 4 is 0 Å². The normalized spacial score (nSPS) is 12.5. The SMILES string of the molecule is Cc1ccc(C(C#N)CC(C)C)c(C)c1. The topological polar surface area (TPSA) is 23.8 Å². The molecular weight excluding hydrogens is 182 g/mol. The number of nitriles is 1. The maximum Gasteiger partial charge on any atom is 0.0717 e. The van der Waals surface area contributed by atoms with Crippen LogP contribution in [0.25, 0.3) is 0 Å². The summed E-state index contributed by atoms with van der Waals surface area (Å²) in [5, 5.41) is 9.17. The van der Waals surface area contributed by atoms with Gasteiger partial charge in [0, 0.05) is 0 Å². The fourth-order valence-corrected chi connectivity index (χ4v) is 1.94. The van der Waals surface area contributed by atoms with Gasteiger partial charge in [0.05, 0.1) is 12.0 Å². The smallest absolute Gasteiger partial charge is 0.0717 e. The van der Waals surface area contributed by atoms with Crippen LogP contribution in [0.3, 0.4) is 0 Å². The molecule has 0 saturated carbocycles. The van der Waals surface area contributed by atoms with Crippen LogP contribution in [-0.2, 0) is 0 Å². The molecule has 0 bridgehead atoms. The number of rotatable bonds is 3. The van der Waals surface area contributed by atoms with Gasteiger partial charge < -0.3 is 0 Å². The molecule has 0 aliphatic rings. The average molecular weight is 201 g/mol. The summed E-state index contributed by atoms with van der Waals surface area (Å²) in [6, 6.07) is 8.75. The maximum absolute atomic E-state index is 9.17. The van der Waals surface area contributed by atoms with Crippen molar-refractivity contribution in [3.05, 3.63) is 34.9 Å². The van der Waals surface area contributed by atoms with E-state index in [1.807, 2.05) is 0 Å². The fraction of sp³-hybridized carbons (Fsp3) is 0.500. The highest BCUT2D eigenvalue weighted by Gasteiger charge is 2.14. The number of hydrogen-bond donors (Lipinski definition) is 0. The van der Waals surface area contributed by atoms with Crippen molar-refractivity contribution in [2.45, 2.75) is 40.0 Å². The van der Waals surface area contributed by atoms with E-state index in [-0.39, 0.29) is 5.92 Å². The third-order valence-corrected chi connectivity index (χ3v) is 2.66. The molecule has 0 amide bonds. The van der Waals surface area contributed by atoms with Gasteiger partial charge in [-0.05, 0) is 37.3 Å². The first-order chi connectivity index (χ1) is 7.04. The van der Waals surface area contributed by atoms with Gasteiger partial charge in [0.2, 0.25) is 0 Å². The lowest BCUT2D eigenvalue weighted by atomic mass is 9.88. The Balaban J connectivity index is 2.98. The number of aryl methyl sites for hydroxylation is 2. The number of benzene rings is 1. The summed E-state index contributed by atoms with van der Waals surface area (Å²) >= 11 is 0. The highest BCUT2D eigenvalue weighted by atomic mass is 14.3. The molecular formula is C14H19N. The lowest BCUT2D eigenvalue weighted by Crippen LogP contribution is -2.02. The highest BCUT2D eigenvalue weighted by Crippen LogP contribution is 2.26. The van der Waals surface area contributed by atoms with Gasteiger partial charge in [-0.1, -0.05) is 37.6 Å². The molecule has 0 aliphatic carbocycles. The van der Waals surface area contributed by atoms with Crippen LogP contribution in [0.15, 0.2) is 18.2 Å². The lowest BCUT2D eigenvalue weighted by Gasteiger charge is -2.14. The zero-order valence-electron chi connectivity index (χ0n) is 10.0. The molecule has 0 aliphatic heterocycles. The quantitative estimate of drug-likeness (QED) is 0.726. The van der Waals surface area contributed by atoms with Crippen molar-refractivity contribution in [1.82, 2.24) is 0 Å². The first kappa shape index (κ1) is 11.8. The Bertz CT molecular complexity index is 371. The molecule has 0 fully saturated rings. The molecule has 1 nitrogen and oxygen atoms in total. The number of hydrogen-bond acceptors (Lipinski definition) is 1. The molecule has 0 aromatic heterocycles. The third-order valence-electron chi connectivity index (χ3n) is 2.66.